The number of hydrogen-bond acceptors (Lipinski definition) is 3. The molecule has 3 heteroatoms. The number of rotatable bonds is 8. The molecular formula is C18H25NO2. The molecule has 0 fully saturated rings. The monoisotopic (exact) mass is 287 g/mol. The molecule has 3 nitrogen and oxygen atoms in total. The van der Waals surface area contributed by atoms with Crippen molar-refractivity contribution >= 4 is 10.8 Å². The van der Waals surface area contributed by atoms with Gasteiger partial charge in [-0.2, -0.15) is 0 Å². The van der Waals surface area contributed by atoms with Crippen LogP contribution in [0.4, 0.5) is 0 Å². The van der Waals surface area contributed by atoms with Crippen molar-refractivity contribution in [3.63, 3.8) is 0 Å². The van der Waals surface area contributed by atoms with E-state index in [2.05, 4.69) is 49.5 Å². The molecule has 0 aromatic heterocycles. The maximum Gasteiger partial charge on any atom is 0.123 e. The summed E-state index contributed by atoms with van der Waals surface area (Å²) in [4.78, 5) is 0. The van der Waals surface area contributed by atoms with Crippen molar-refractivity contribution in [2.24, 2.45) is 5.92 Å². The third-order valence-electron chi connectivity index (χ3n) is 3.39. The van der Waals surface area contributed by atoms with Gasteiger partial charge < -0.3 is 14.8 Å². The van der Waals surface area contributed by atoms with Gasteiger partial charge in [0.05, 0.1) is 13.7 Å². The molecule has 2 rings (SSSR count). The second kappa shape index (κ2) is 8.01. The second-order valence-corrected chi connectivity index (χ2v) is 5.61. The summed E-state index contributed by atoms with van der Waals surface area (Å²) < 4.78 is 11.1. The highest BCUT2D eigenvalue weighted by Crippen LogP contribution is 2.27. The summed E-state index contributed by atoms with van der Waals surface area (Å²) in [6.07, 6.45) is 0. The predicted molar refractivity (Wildman–Crippen MR) is 87.9 cm³/mol. The van der Waals surface area contributed by atoms with E-state index < -0.39 is 0 Å². The number of methoxy groups -OCH3 is 1. The quantitative estimate of drug-likeness (QED) is 0.752. The number of ether oxygens (including phenoxy) is 2. The normalized spacial score (nSPS) is 11.2. The van der Waals surface area contributed by atoms with Crippen LogP contribution in [-0.2, 0) is 11.3 Å². The summed E-state index contributed by atoms with van der Waals surface area (Å²) in [6.45, 7) is 7.52. The first-order valence-electron chi connectivity index (χ1n) is 7.55. The zero-order valence-corrected chi connectivity index (χ0v) is 13.2. The number of fused-ring (bicyclic) bond motifs is 1. The summed E-state index contributed by atoms with van der Waals surface area (Å²) in [5.41, 5.74) is 1.21. The van der Waals surface area contributed by atoms with Crippen LogP contribution in [0.15, 0.2) is 36.4 Å². The molecule has 0 amide bonds. The van der Waals surface area contributed by atoms with Gasteiger partial charge in [-0.1, -0.05) is 44.2 Å². The predicted octanol–water partition coefficient (Wildman–Crippen LogP) is 3.61. The highest BCUT2D eigenvalue weighted by Gasteiger charge is 2.07. The van der Waals surface area contributed by atoms with Crippen molar-refractivity contribution in [1.82, 2.24) is 5.32 Å². The Hall–Kier alpha value is -1.58. The molecule has 0 spiro atoms. The zero-order valence-electron chi connectivity index (χ0n) is 13.2. The van der Waals surface area contributed by atoms with Crippen molar-refractivity contribution in [3.05, 3.63) is 42.0 Å². The van der Waals surface area contributed by atoms with Gasteiger partial charge in [0.15, 0.2) is 0 Å². The van der Waals surface area contributed by atoms with Crippen molar-refractivity contribution < 1.29 is 9.47 Å². The Morgan fingerprint density at radius 1 is 1.10 bits per heavy atom. The van der Waals surface area contributed by atoms with E-state index in [1.807, 2.05) is 6.07 Å². The molecule has 0 atom stereocenters. The Kier molecular flexibility index (Phi) is 6.03. The molecule has 0 aliphatic carbocycles. The summed E-state index contributed by atoms with van der Waals surface area (Å²) in [5.74, 6) is 1.52. The van der Waals surface area contributed by atoms with Gasteiger partial charge in [0.2, 0.25) is 0 Å². The summed E-state index contributed by atoms with van der Waals surface area (Å²) >= 11 is 0. The molecule has 0 unspecified atom stereocenters. The minimum absolute atomic E-state index is 0.586. The molecule has 0 saturated heterocycles. The standard InChI is InChI=1S/C18H25NO2/c1-14(2)13-21-11-10-19-12-17-16-7-5-4-6-15(16)8-9-18(17)20-3/h4-9,14,19H,10-13H2,1-3H3. The Balaban J connectivity index is 1.97. The van der Waals surface area contributed by atoms with E-state index in [-0.39, 0.29) is 0 Å². The minimum atomic E-state index is 0.586. The third-order valence-corrected chi connectivity index (χ3v) is 3.39. The zero-order chi connectivity index (χ0) is 15.1. The van der Waals surface area contributed by atoms with E-state index >= 15 is 0 Å². The highest BCUT2D eigenvalue weighted by atomic mass is 16.5. The van der Waals surface area contributed by atoms with Gasteiger partial charge >= 0.3 is 0 Å². The van der Waals surface area contributed by atoms with Crippen molar-refractivity contribution in [3.8, 4) is 5.75 Å². The average molecular weight is 287 g/mol. The molecule has 1 N–H and O–H groups in total. The molecule has 0 radical (unpaired) electrons. The second-order valence-electron chi connectivity index (χ2n) is 5.61. The molecule has 0 aliphatic rings. The smallest absolute Gasteiger partial charge is 0.123 e. The van der Waals surface area contributed by atoms with E-state index in [0.29, 0.717) is 5.92 Å². The van der Waals surface area contributed by atoms with Crippen LogP contribution in [0.1, 0.15) is 19.4 Å². The molecule has 0 heterocycles. The first kappa shape index (κ1) is 15.8. The molecule has 0 aliphatic heterocycles. The lowest BCUT2D eigenvalue weighted by Gasteiger charge is -2.13. The molecule has 114 valence electrons. The maximum atomic E-state index is 5.58. The number of benzene rings is 2. The van der Waals surface area contributed by atoms with Crippen LogP contribution >= 0.6 is 0 Å². The molecule has 21 heavy (non-hydrogen) atoms. The number of hydrogen-bond donors (Lipinski definition) is 1. The van der Waals surface area contributed by atoms with Gasteiger partial charge in [-0.25, -0.2) is 0 Å². The minimum Gasteiger partial charge on any atom is -0.496 e. The van der Waals surface area contributed by atoms with Crippen LogP contribution in [0.2, 0.25) is 0 Å². The van der Waals surface area contributed by atoms with E-state index in [0.717, 1.165) is 32.1 Å². The first-order chi connectivity index (χ1) is 10.2. The van der Waals surface area contributed by atoms with Crippen LogP contribution in [0, 0.1) is 5.92 Å². The van der Waals surface area contributed by atoms with Crippen LogP contribution < -0.4 is 10.1 Å². The summed E-state index contributed by atoms with van der Waals surface area (Å²) in [6, 6.07) is 12.5. The van der Waals surface area contributed by atoms with Gasteiger partial charge in [-0.15, -0.1) is 0 Å². The molecule has 0 bridgehead atoms. The van der Waals surface area contributed by atoms with E-state index in [1.165, 1.54) is 16.3 Å². The SMILES string of the molecule is COc1ccc2ccccc2c1CNCCOCC(C)C. The first-order valence-corrected chi connectivity index (χ1v) is 7.55. The average Bonchev–Trinajstić information content (AvgIpc) is 2.50. The Labute approximate surface area is 127 Å². The highest BCUT2D eigenvalue weighted by molar-refractivity contribution is 5.87. The van der Waals surface area contributed by atoms with Crippen molar-refractivity contribution in [1.29, 1.82) is 0 Å². The Morgan fingerprint density at radius 2 is 1.90 bits per heavy atom. The number of nitrogens with one attached hydrogen (secondary N) is 1. The lowest BCUT2D eigenvalue weighted by Crippen LogP contribution is -2.20. The molecule has 0 saturated carbocycles. The summed E-state index contributed by atoms with van der Waals surface area (Å²) in [5, 5.41) is 5.92. The fraction of sp³-hybridized carbons (Fsp3) is 0.444. The van der Waals surface area contributed by atoms with E-state index in [9.17, 15) is 0 Å². The van der Waals surface area contributed by atoms with Crippen LogP contribution in [0.5, 0.6) is 5.75 Å². The summed E-state index contributed by atoms with van der Waals surface area (Å²) in [7, 11) is 1.72. The van der Waals surface area contributed by atoms with E-state index in [4.69, 9.17) is 9.47 Å². The van der Waals surface area contributed by atoms with Gasteiger partial charge in [0.25, 0.3) is 0 Å². The molecule has 2 aromatic rings. The lowest BCUT2D eigenvalue weighted by atomic mass is 10.0. The van der Waals surface area contributed by atoms with Crippen molar-refractivity contribution in [2.75, 3.05) is 26.9 Å². The van der Waals surface area contributed by atoms with Crippen LogP contribution in [0.25, 0.3) is 10.8 Å². The van der Waals surface area contributed by atoms with Gasteiger partial charge in [0, 0.05) is 25.3 Å². The largest absolute Gasteiger partial charge is 0.496 e. The maximum absolute atomic E-state index is 5.58. The van der Waals surface area contributed by atoms with E-state index in [1.54, 1.807) is 7.11 Å². The third kappa shape index (κ3) is 4.45. The Bertz CT molecular complexity index is 566. The lowest BCUT2D eigenvalue weighted by molar-refractivity contribution is 0.111. The fourth-order valence-electron chi connectivity index (χ4n) is 2.37. The van der Waals surface area contributed by atoms with Crippen molar-refractivity contribution in [2.45, 2.75) is 20.4 Å². The van der Waals surface area contributed by atoms with Gasteiger partial charge in [-0.3, -0.25) is 0 Å². The molecular weight excluding hydrogens is 262 g/mol. The fourth-order valence-corrected chi connectivity index (χ4v) is 2.37. The van der Waals surface area contributed by atoms with Gasteiger partial charge in [-0.05, 0) is 22.8 Å². The van der Waals surface area contributed by atoms with Crippen LogP contribution in [-0.4, -0.2) is 26.9 Å². The van der Waals surface area contributed by atoms with Gasteiger partial charge in [0.1, 0.15) is 5.75 Å². The molecule has 2 aromatic carbocycles. The van der Waals surface area contributed by atoms with Crippen LogP contribution in [0.3, 0.4) is 0 Å². The Morgan fingerprint density at radius 3 is 2.67 bits per heavy atom. The topological polar surface area (TPSA) is 30.5 Å².